The van der Waals surface area contributed by atoms with Crippen molar-refractivity contribution in [1.82, 2.24) is 10.2 Å². The molecule has 1 aliphatic heterocycles. The SMILES string of the molecule is COc1ccc(NCC2CN(C)CCN2)cc1C. The molecule has 100 valence electrons. The zero-order valence-corrected chi connectivity index (χ0v) is 11.5. The van der Waals surface area contributed by atoms with Crippen LogP contribution in [0.2, 0.25) is 0 Å². The molecule has 2 rings (SSSR count). The monoisotopic (exact) mass is 249 g/mol. The molecule has 0 saturated carbocycles. The molecule has 0 aliphatic carbocycles. The molecule has 0 radical (unpaired) electrons. The Bertz CT molecular complexity index is 395. The summed E-state index contributed by atoms with van der Waals surface area (Å²) in [5.41, 5.74) is 2.32. The van der Waals surface area contributed by atoms with E-state index in [-0.39, 0.29) is 0 Å². The molecule has 0 aromatic heterocycles. The third-order valence-corrected chi connectivity index (χ3v) is 3.41. The number of nitrogens with one attached hydrogen (secondary N) is 2. The van der Waals surface area contributed by atoms with Crippen molar-refractivity contribution in [2.75, 3.05) is 45.7 Å². The molecule has 2 N–H and O–H groups in total. The Balaban J connectivity index is 1.88. The van der Waals surface area contributed by atoms with E-state index in [9.17, 15) is 0 Å². The number of methoxy groups -OCH3 is 1. The van der Waals surface area contributed by atoms with Gasteiger partial charge in [-0.25, -0.2) is 0 Å². The van der Waals surface area contributed by atoms with Crippen LogP contribution in [-0.2, 0) is 0 Å². The van der Waals surface area contributed by atoms with Gasteiger partial charge in [0.2, 0.25) is 0 Å². The van der Waals surface area contributed by atoms with Crippen LogP contribution < -0.4 is 15.4 Å². The van der Waals surface area contributed by atoms with Crippen molar-refractivity contribution in [3.05, 3.63) is 23.8 Å². The van der Waals surface area contributed by atoms with Crippen LogP contribution in [0.4, 0.5) is 5.69 Å². The van der Waals surface area contributed by atoms with E-state index in [2.05, 4.69) is 41.6 Å². The standard InChI is InChI=1S/C14H23N3O/c1-11-8-12(4-5-14(11)18-3)16-9-13-10-17(2)7-6-15-13/h4-5,8,13,15-16H,6-7,9-10H2,1-3H3. The summed E-state index contributed by atoms with van der Waals surface area (Å²) in [7, 11) is 3.88. The van der Waals surface area contributed by atoms with Gasteiger partial charge >= 0.3 is 0 Å². The molecule has 4 heteroatoms. The number of hydrogen-bond acceptors (Lipinski definition) is 4. The lowest BCUT2D eigenvalue weighted by atomic mass is 10.2. The van der Waals surface area contributed by atoms with E-state index in [0.717, 1.165) is 43.2 Å². The maximum Gasteiger partial charge on any atom is 0.121 e. The number of rotatable bonds is 4. The van der Waals surface area contributed by atoms with Crippen LogP contribution in [0.1, 0.15) is 5.56 Å². The first-order valence-corrected chi connectivity index (χ1v) is 6.49. The van der Waals surface area contributed by atoms with Crippen molar-refractivity contribution >= 4 is 5.69 Å². The molecular weight excluding hydrogens is 226 g/mol. The number of aryl methyl sites for hydroxylation is 1. The Labute approximate surface area is 109 Å². The highest BCUT2D eigenvalue weighted by Gasteiger charge is 2.15. The van der Waals surface area contributed by atoms with E-state index in [0.29, 0.717) is 6.04 Å². The summed E-state index contributed by atoms with van der Waals surface area (Å²) in [5, 5.41) is 7.01. The minimum Gasteiger partial charge on any atom is -0.496 e. The zero-order chi connectivity index (χ0) is 13.0. The van der Waals surface area contributed by atoms with E-state index >= 15 is 0 Å². The number of hydrogen-bond donors (Lipinski definition) is 2. The van der Waals surface area contributed by atoms with E-state index < -0.39 is 0 Å². The average molecular weight is 249 g/mol. The fraction of sp³-hybridized carbons (Fsp3) is 0.571. The lowest BCUT2D eigenvalue weighted by molar-refractivity contribution is 0.244. The molecule has 4 nitrogen and oxygen atoms in total. The second kappa shape index (κ2) is 6.07. The normalized spacial score (nSPS) is 20.7. The molecule has 1 aromatic rings. The zero-order valence-electron chi connectivity index (χ0n) is 11.5. The van der Waals surface area contributed by atoms with Crippen molar-refractivity contribution in [2.24, 2.45) is 0 Å². The first-order valence-electron chi connectivity index (χ1n) is 6.49. The second-order valence-electron chi connectivity index (χ2n) is 4.98. The summed E-state index contributed by atoms with van der Waals surface area (Å²) in [5.74, 6) is 0.941. The van der Waals surface area contributed by atoms with Crippen molar-refractivity contribution in [3.63, 3.8) is 0 Å². The lowest BCUT2D eigenvalue weighted by Gasteiger charge is -2.31. The third-order valence-electron chi connectivity index (χ3n) is 3.41. The van der Waals surface area contributed by atoms with Gasteiger partial charge in [0.15, 0.2) is 0 Å². The van der Waals surface area contributed by atoms with Gasteiger partial charge in [-0.3, -0.25) is 0 Å². The van der Waals surface area contributed by atoms with E-state index in [4.69, 9.17) is 4.74 Å². The predicted octanol–water partition coefficient (Wildman–Crippen LogP) is 1.32. The molecule has 18 heavy (non-hydrogen) atoms. The number of nitrogens with zero attached hydrogens (tertiary/aromatic N) is 1. The predicted molar refractivity (Wildman–Crippen MR) is 75.5 cm³/mol. The van der Waals surface area contributed by atoms with Gasteiger partial charge in [-0.05, 0) is 37.7 Å². The number of anilines is 1. The minimum absolute atomic E-state index is 0.520. The van der Waals surface area contributed by atoms with Gasteiger partial charge in [0.05, 0.1) is 7.11 Å². The summed E-state index contributed by atoms with van der Waals surface area (Å²) < 4.78 is 5.26. The highest BCUT2D eigenvalue weighted by Crippen LogP contribution is 2.21. The van der Waals surface area contributed by atoms with E-state index in [1.165, 1.54) is 0 Å². The molecule has 1 unspecified atom stereocenters. The minimum atomic E-state index is 0.520. The average Bonchev–Trinajstić information content (AvgIpc) is 2.37. The Kier molecular flexibility index (Phi) is 4.44. The van der Waals surface area contributed by atoms with Crippen LogP contribution in [0.15, 0.2) is 18.2 Å². The maximum absolute atomic E-state index is 5.26. The van der Waals surface area contributed by atoms with Gasteiger partial charge in [-0.1, -0.05) is 0 Å². The Hall–Kier alpha value is -1.26. The van der Waals surface area contributed by atoms with E-state index in [1.807, 2.05) is 6.07 Å². The van der Waals surface area contributed by atoms with Crippen LogP contribution in [0, 0.1) is 6.92 Å². The largest absolute Gasteiger partial charge is 0.496 e. The van der Waals surface area contributed by atoms with Crippen molar-refractivity contribution in [1.29, 1.82) is 0 Å². The fourth-order valence-corrected chi connectivity index (χ4v) is 2.36. The Morgan fingerprint density at radius 2 is 2.33 bits per heavy atom. The van der Waals surface area contributed by atoms with Crippen molar-refractivity contribution in [2.45, 2.75) is 13.0 Å². The molecule has 1 saturated heterocycles. The molecule has 0 spiro atoms. The molecular formula is C14H23N3O. The summed E-state index contributed by atoms with van der Waals surface area (Å²) >= 11 is 0. The number of ether oxygens (including phenoxy) is 1. The van der Waals surface area contributed by atoms with Gasteiger partial charge in [-0.2, -0.15) is 0 Å². The highest BCUT2D eigenvalue weighted by atomic mass is 16.5. The summed E-state index contributed by atoms with van der Waals surface area (Å²) in [6.07, 6.45) is 0. The quantitative estimate of drug-likeness (QED) is 0.844. The summed E-state index contributed by atoms with van der Waals surface area (Å²) in [6, 6.07) is 6.73. The fourth-order valence-electron chi connectivity index (χ4n) is 2.36. The van der Waals surface area contributed by atoms with Crippen LogP contribution >= 0.6 is 0 Å². The molecule has 1 aromatic carbocycles. The molecule has 0 amide bonds. The molecule has 1 aliphatic rings. The maximum atomic E-state index is 5.26. The lowest BCUT2D eigenvalue weighted by Crippen LogP contribution is -2.51. The van der Waals surface area contributed by atoms with Gasteiger partial charge in [0.1, 0.15) is 5.75 Å². The second-order valence-corrected chi connectivity index (χ2v) is 4.98. The van der Waals surface area contributed by atoms with Crippen LogP contribution in [-0.4, -0.2) is 51.3 Å². The van der Waals surface area contributed by atoms with Gasteiger partial charge < -0.3 is 20.3 Å². The summed E-state index contributed by atoms with van der Waals surface area (Å²) in [4.78, 5) is 2.36. The molecule has 1 fully saturated rings. The first kappa shape index (κ1) is 13.2. The van der Waals surface area contributed by atoms with Crippen LogP contribution in [0.5, 0.6) is 5.75 Å². The first-order chi connectivity index (χ1) is 8.69. The Morgan fingerprint density at radius 3 is 3.00 bits per heavy atom. The van der Waals surface area contributed by atoms with Crippen LogP contribution in [0.25, 0.3) is 0 Å². The van der Waals surface area contributed by atoms with Gasteiger partial charge in [0, 0.05) is 37.9 Å². The molecule has 1 heterocycles. The van der Waals surface area contributed by atoms with Gasteiger partial charge in [0.25, 0.3) is 0 Å². The van der Waals surface area contributed by atoms with Gasteiger partial charge in [-0.15, -0.1) is 0 Å². The summed E-state index contributed by atoms with van der Waals surface area (Å²) in [6.45, 7) is 6.33. The number of piperazine rings is 1. The van der Waals surface area contributed by atoms with Crippen LogP contribution in [0.3, 0.4) is 0 Å². The highest BCUT2D eigenvalue weighted by molar-refractivity contribution is 5.50. The van der Waals surface area contributed by atoms with E-state index in [1.54, 1.807) is 7.11 Å². The molecule has 0 bridgehead atoms. The van der Waals surface area contributed by atoms with Crippen molar-refractivity contribution in [3.8, 4) is 5.75 Å². The van der Waals surface area contributed by atoms with Crippen molar-refractivity contribution < 1.29 is 4.74 Å². The third kappa shape index (κ3) is 3.37. The molecule has 1 atom stereocenters. The number of likely N-dealkylation sites (N-methyl/N-ethyl adjacent to an activating group) is 1. The topological polar surface area (TPSA) is 36.5 Å². The Morgan fingerprint density at radius 1 is 1.50 bits per heavy atom. The number of benzene rings is 1. The smallest absolute Gasteiger partial charge is 0.121 e.